The zero-order valence-corrected chi connectivity index (χ0v) is 10.7. The molecule has 0 atom stereocenters. The highest BCUT2D eigenvalue weighted by Crippen LogP contribution is 2.20. The summed E-state index contributed by atoms with van der Waals surface area (Å²) in [5, 5.41) is 6.61. The molecule has 2 aliphatic rings. The summed E-state index contributed by atoms with van der Waals surface area (Å²) < 4.78 is 0. The third-order valence-electron chi connectivity index (χ3n) is 3.28. The number of amides is 1. The number of nitrogens with two attached hydrogens (primary N) is 1. The number of carbonyl (C=O) groups is 1. The Bertz CT molecular complexity index is 372. The monoisotopic (exact) mass is 256 g/mol. The van der Waals surface area contributed by atoms with Crippen molar-refractivity contribution in [1.29, 1.82) is 0 Å². The van der Waals surface area contributed by atoms with Crippen LogP contribution >= 0.6 is 11.6 Å². The quantitative estimate of drug-likeness (QED) is 0.752. The normalized spacial score (nSPS) is 22.2. The third kappa shape index (κ3) is 2.72. The topological polar surface area (TPSA) is 61.9 Å². The van der Waals surface area contributed by atoms with Crippen LogP contribution in [0.15, 0.2) is 16.9 Å². The molecule has 1 saturated heterocycles. The number of halogens is 1. The molecule has 0 aromatic rings. The van der Waals surface area contributed by atoms with Crippen LogP contribution in [0.2, 0.25) is 0 Å². The molecule has 1 amide bonds. The summed E-state index contributed by atoms with van der Waals surface area (Å²) >= 11 is 5.91. The van der Waals surface area contributed by atoms with Gasteiger partial charge >= 0.3 is 0 Å². The van der Waals surface area contributed by atoms with E-state index in [-0.39, 0.29) is 5.91 Å². The molecule has 0 spiro atoms. The Hall–Kier alpha value is -1.23. The summed E-state index contributed by atoms with van der Waals surface area (Å²) in [6, 6.07) is 0.351. The number of hydrogen-bond acceptors (Lipinski definition) is 4. The number of nitrogens with zero attached hydrogens (tertiary/aromatic N) is 3. The van der Waals surface area contributed by atoms with Gasteiger partial charge in [-0.25, -0.2) is 0 Å². The second-order valence-corrected chi connectivity index (χ2v) is 4.77. The van der Waals surface area contributed by atoms with Crippen LogP contribution in [0, 0.1) is 0 Å². The zero-order chi connectivity index (χ0) is 12.4. The molecule has 0 radical (unpaired) electrons. The molecule has 0 saturated carbocycles. The van der Waals surface area contributed by atoms with Crippen molar-refractivity contribution in [3.05, 3.63) is 11.8 Å². The minimum Gasteiger partial charge on any atom is -0.396 e. The molecule has 0 aromatic carbocycles. The maximum absolute atomic E-state index is 11.2. The Kier molecular flexibility index (Phi) is 3.57. The first-order chi connectivity index (χ1) is 8.08. The fraction of sp³-hybridized carbons (Fsp3) is 0.636. The van der Waals surface area contributed by atoms with Crippen molar-refractivity contribution >= 4 is 22.7 Å². The number of piperidine rings is 1. The predicted molar refractivity (Wildman–Crippen MR) is 67.5 cm³/mol. The van der Waals surface area contributed by atoms with E-state index in [1.165, 1.54) is 0 Å². The van der Waals surface area contributed by atoms with Crippen molar-refractivity contribution in [3.8, 4) is 0 Å². The van der Waals surface area contributed by atoms with Gasteiger partial charge < -0.3 is 10.6 Å². The lowest BCUT2D eigenvalue weighted by molar-refractivity contribution is -0.130. The summed E-state index contributed by atoms with van der Waals surface area (Å²) in [6.07, 6.45) is 3.74. The van der Waals surface area contributed by atoms with E-state index in [4.69, 9.17) is 17.3 Å². The average molecular weight is 257 g/mol. The molecule has 0 unspecified atom stereocenters. The Morgan fingerprint density at radius 3 is 2.71 bits per heavy atom. The highest BCUT2D eigenvalue weighted by molar-refractivity contribution is 6.69. The van der Waals surface area contributed by atoms with Gasteiger partial charge in [0, 0.05) is 20.0 Å². The lowest BCUT2D eigenvalue weighted by Gasteiger charge is -2.37. The molecule has 0 bridgehead atoms. The molecule has 5 nitrogen and oxygen atoms in total. The minimum atomic E-state index is 0.146. The van der Waals surface area contributed by atoms with Gasteiger partial charge in [-0.2, -0.15) is 5.10 Å². The molecule has 2 aliphatic heterocycles. The van der Waals surface area contributed by atoms with Crippen LogP contribution in [-0.4, -0.2) is 46.7 Å². The van der Waals surface area contributed by atoms with Crippen LogP contribution in [0.3, 0.4) is 0 Å². The van der Waals surface area contributed by atoms with E-state index in [0.717, 1.165) is 25.9 Å². The molecule has 2 heterocycles. The van der Waals surface area contributed by atoms with Gasteiger partial charge in [0.25, 0.3) is 0 Å². The van der Waals surface area contributed by atoms with Crippen molar-refractivity contribution in [2.24, 2.45) is 10.8 Å². The zero-order valence-electron chi connectivity index (χ0n) is 9.90. The maximum Gasteiger partial charge on any atom is 0.219 e. The largest absolute Gasteiger partial charge is 0.396 e. The number of allylic oxidation sites excluding steroid dienone is 1. The first kappa shape index (κ1) is 12.2. The minimum absolute atomic E-state index is 0.146. The highest BCUT2D eigenvalue weighted by Gasteiger charge is 2.26. The fourth-order valence-electron chi connectivity index (χ4n) is 2.20. The van der Waals surface area contributed by atoms with Crippen LogP contribution in [0.1, 0.15) is 19.8 Å². The van der Waals surface area contributed by atoms with E-state index in [1.807, 2.05) is 16.0 Å². The van der Waals surface area contributed by atoms with E-state index in [1.54, 1.807) is 6.92 Å². The molecular weight excluding hydrogens is 240 g/mol. The van der Waals surface area contributed by atoms with E-state index >= 15 is 0 Å². The smallest absolute Gasteiger partial charge is 0.219 e. The van der Waals surface area contributed by atoms with Crippen LogP contribution in [0.25, 0.3) is 0 Å². The highest BCUT2D eigenvalue weighted by atomic mass is 35.5. The van der Waals surface area contributed by atoms with Crippen LogP contribution in [-0.2, 0) is 4.79 Å². The summed E-state index contributed by atoms with van der Waals surface area (Å²) in [5.41, 5.74) is 6.20. The summed E-state index contributed by atoms with van der Waals surface area (Å²) in [6.45, 7) is 3.90. The molecule has 6 heteroatoms. The molecule has 1 fully saturated rings. The van der Waals surface area contributed by atoms with Crippen molar-refractivity contribution in [3.63, 3.8) is 0 Å². The van der Waals surface area contributed by atoms with E-state index < -0.39 is 0 Å². The van der Waals surface area contributed by atoms with E-state index in [2.05, 4.69) is 5.10 Å². The number of rotatable bonds is 1. The van der Waals surface area contributed by atoms with Gasteiger partial charge in [-0.3, -0.25) is 9.80 Å². The number of hydrazone groups is 1. The summed E-state index contributed by atoms with van der Waals surface area (Å²) in [4.78, 5) is 13.1. The van der Waals surface area contributed by atoms with Crippen molar-refractivity contribution in [2.75, 3.05) is 19.6 Å². The van der Waals surface area contributed by atoms with Crippen molar-refractivity contribution < 1.29 is 4.79 Å². The van der Waals surface area contributed by atoms with Gasteiger partial charge in [0.05, 0.1) is 18.3 Å². The van der Waals surface area contributed by atoms with Gasteiger partial charge in [-0.05, 0) is 18.9 Å². The number of hydrogen-bond donors (Lipinski definition) is 1. The first-order valence-corrected chi connectivity index (χ1v) is 6.18. The summed E-state index contributed by atoms with van der Waals surface area (Å²) in [7, 11) is 0. The standard InChI is InChI=1S/C11H17ClN4O/c1-8(17)15-5-2-9(3-6-15)16-7-4-10(13)11(12)14-16/h4,9H,2-3,5-7,13H2,1H3. The van der Waals surface area contributed by atoms with Crippen LogP contribution in [0.4, 0.5) is 0 Å². The van der Waals surface area contributed by atoms with E-state index in [0.29, 0.717) is 23.5 Å². The van der Waals surface area contributed by atoms with E-state index in [9.17, 15) is 4.79 Å². The third-order valence-corrected chi connectivity index (χ3v) is 3.58. The Labute approximate surface area is 106 Å². The predicted octanol–water partition coefficient (Wildman–Crippen LogP) is 0.708. The molecule has 94 valence electrons. The maximum atomic E-state index is 11.2. The van der Waals surface area contributed by atoms with Crippen LogP contribution < -0.4 is 5.73 Å². The molecule has 0 aliphatic carbocycles. The second-order valence-electron chi connectivity index (χ2n) is 4.41. The second kappa shape index (κ2) is 4.96. The first-order valence-electron chi connectivity index (χ1n) is 5.80. The lowest BCUT2D eigenvalue weighted by Crippen LogP contribution is -2.45. The Balaban J connectivity index is 1.92. The molecule has 2 rings (SSSR count). The molecular formula is C11H17ClN4O. The van der Waals surface area contributed by atoms with Gasteiger partial charge in [0.15, 0.2) is 5.17 Å². The molecule has 17 heavy (non-hydrogen) atoms. The van der Waals surface area contributed by atoms with Gasteiger partial charge in [-0.1, -0.05) is 11.6 Å². The Morgan fingerprint density at radius 2 is 2.18 bits per heavy atom. The average Bonchev–Trinajstić information content (AvgIpc) is 2.33. The van der Waals surface area contributed by atoms with Gasteiger partial charge in [0.2, 0.25) is 5.91 Å². The number of carbonyl (C=O) groups excluding carboxylic acids is 1. The summed E-state index contributed by atoms with van der Waals surface area (Å²) in [5.74, 6) is 0.146. The van der Waals surface area contributed by atoms with Gasteiger partial charge in [-0.15, -0.1) is 0 Å². The molecule has 0 aromatic heterocycles. The van der Waals surface area contributed by atoms with Crippen LogP contribution in [0.5, 0.6) is 0 Å². The number of likely N-dealkylation sites (tertiary alicyclic amines) is 1. The lowest BCUT2D eigenvalue weighted by atomic mass is 10.0. The Morgan fingerprint density at radius 1 is 1.53 bits per heavy atom. The van der Waals surface area contributed by atoms with Crippen molar-refractivity contribution in [2.45, 2.75) is 25.8 Å². The fourth-order valence-corrected chi connectivity index (χ4v) is 2.37. The van der Waals surface area contributed by atoms with Gasteiger partial charge in [0.1, 0.15) is 0 Å². The van der Waals surface area contributed by atoms with Crippen molar-refractivity contribution in [1.82, 2.24) is 9.91 Å². The molecule has 2 N–H and O–H groups in total. The SMILES string of the molecule is CC(=O)N1CCC(N2CC=C(N)C(Cl)=N2)CC1.